The number of ketones is 2. The number of hydrogen-bond acceptors (Lipinski definition) is 7. The summed E-state index contributed by atoms with van der Waals surface area (Å²) in [5.41, 5.74) is 0.773. The van der Waals surface area contributed by atoms with Gasteiger partial charge in [-0.3, -0.25) is 14.4 Å². The summed E-state index contributed by atoms with van der Waals surface area (Å²) in [6, 6.07) is 12.0. The molecule has 0 aliphatic carbocycles. The molecule has 0 unspecified atom stereocenters. The Morgan fingerprint density at radius 2 is 1.63 bits per heavy atom. The number of rotatable bonds is 8. The van der Waals surface area contributed by atoms with Crippen LogP contribution in [-0.2, 0) is 4.79 Å². The highest BCUT2D eigenvalue weighted by Gasteiger charge is 2.17. The summed E-state index contributed by atoms with van der Waals surface area (Å²) in [6.45, 7) is 0. The predicted molar refractivity (Wildman–Crippen MR) is 117 cm³/mol. The Morgan fingerprint density at radius 3 is 2.27 bits per heavy atom. The third kappa shape index (κ3) is 4.75. The van der Waals surface area contributed by atoms with E-state index >= 15 is 0 Å². The fourth-order valence-electron chi connectivity index (χ4n) is 2.86. The van der Waals surface area contributed by atoms with Crippen molar-refractivity contribution in [3.63, 3.8) is 0 Å². The molecule has 0 radical (unpaired) electrons. The SMILES string of the molecule is COc1ccc(/C=C\C(=O)CC(=O)c2cc3c(OC)cc(OC)cc3sc2=O)cc1. The van der Waals surface area contributed by atoms with Gasteiger partial charge in [0.1, 0.15) is 17.2 Å². The minimum atomic E-state index is -0.527. The van der Waals surface area contributed by atoms with Crippen molar-refractivity contribution >= 4 is 39.1 Å². The summed E-state index contributed by atoms with van der Waals surface area (Å²) < 4.78 is 15.9. The first-order valence-electron chi connectivity index (χ1n) is 9.03. The second kappa shape index (κ2) is 9.37. The summed E-state index contributed by atoms with van der Waals surface area (Å²) in [5.74, 6) is 0.831. The molecule has 1 aromatic heterocycles. The van der Waals surface area contributed by atoms with Crippen molar-refractivity contribution in [2.24, 2.45) is 0 Å². The molecular formula is C23H20O6S. The van der Waals surface area contributed by atoms with Gasteiger partial charge in [-0.2, -0.15) is 0 Å². The number of allylic oxidation sites excluding steroid dienone is 1. The van der Waals surface area contributed by atoms with Crippen LogP contribution in [0.5, 0.6) is 17.2 Å². The Kier molecular flexibility index (Phi) is 6.64. The second-order valence-corrected chi connectivity index (χ2v) is 7.38. The standard InChI is InChI=1S/C23H20O6S/c1-27-16-8-5-14(6-9-16)4-7-15(24)10-20(25)18-13-19-21(29-3)11-17(28-2)12-22(19)30-23(18)26/h4-9,11-13H,10H2,1-3H3/b7-4-. The van der Waals surface area contributed by atoms with Crippen molar-refractivity contribution in [1.29, 1.82) is 0 Å². The second-order valence-electron chi connectivity index (χ2n) is 6.36. The Hall–Kier alpha value is -3.45. The van der Waals surface area contributed by atoms with E-state index in [9.17, 15) is 14.4 Å². The molecule has 0 N–H and O–H groups in total. The molecule has 0 amide bonds. The lowest BCUT2D eigenvalue weighted by Gasteiger charge is -2.09. The quantitative estimate of drug-likeness (QED) is 0.307. The number of hydrogen-bond donors (Lipinski definition) is 0. The molecular weight excluding hydrogens is 404 g/mol. The highest BCUT2D eigenvalue weighted by molar-refractivity contribution is 7.16. The minimum Gasteiger partial charge on any atom is -0.497 e. The maximum atomic E-state index is 12.6. The van der Waals surface area contributed by atoms with Gasteiger partial charge in [-0.1, -0.05) is 29.5 Å². The molecule has 7 heteroatoms. The number of carbonyl (C=O) groups is 2. The van der Waals surface area contributed by atoms with Crippen LogP contribution in [0.3, 0.4) is 0 Å². The van der Waals surface area contributed by atoms with Gasteiger partial charge in [0, 0.05) is 16.2 Å². The normalized spacial score (nSPS) is 10.9. The minimum absolute atomic E-state index is 0.0258. The lowest BCUT2D eigenvalue weighted by atomic mass is 10.1. The molecule has 0 aliphatic rings. The van der Waals surface area contributed by atoms with Crippen LogP contribution < -0.4 is 19.0 Å². The van der Waals surface area contributed by atoms with Crippen LogP contribution in [0.25, 0.3) is 16.2 Å². The molecule has 0 saturated carbocycles. The smallest absolute Gasteiger partial charge is 0.243 e. The van der Waals surface area contributed by atoms with E-state index in [2.05, 4.69) is 0 Å². The fourth-order valence-corrected chi connectivity index (χ4v) is 3.79. The van der Waals surface area contributed by atoms with E-state index < -0.39 is 16.9 Å². The molecule has 3 rings (SSSR count). The van der Waals surface area contributed by atoms with Crippen molar-refractivity contribution in [1.82, 2.24) is 0 Å². The van der Waals surface area contributed by atoms with Gasteiger partial charge in [-0.05, 0) is 35.9 Å². The Balaban J connectivity index is 1.81. The number of carbonyl (C=O) groups excluding carboxylic acids is 2. The summed E-state index contributed by atoms with van der Waals surface area (Å²) in [5, 5.41) is 0.618. The number of methoxy groups -OCH3 is 3. The van der Waals surface area contributed by atoms with Crippen LogP contribution in [0.1, 0.15) is 22.3 Å². The van der Waals surface area contributed by atoms with Crippen molar-refractivity contribution < 1.29 is 23.8 Å². The molecule has 154 valence electrons. The van der Waals surface area contributed by atoms with Gasteiger partial charge in [-0.25, -0.2) is 0 Å². The van der Waals surface area contributed by atoms with Gasteiger partial charge < -0.3 is 14.2 Å². The molecule has 3 aromatic rings. The van der Waals surface area contributed by atoms with E-state index in [-0.39, 0.29) is 11.3 Å². The maximum Gasteiger partial charge on any atom is 0.243 e. The highest BCUT2D eigenvalue weighted by Crippen LogP contribution is 2.32. The van der Waals surface area contributed by atoms with Gasteiger partial charge >= 0.3 is 0 Å². The third-order valence-corrected chi connectivity index (χ3v) is 5.42. The van der Waals surface area contributed by atoms with Crippen molar-refractivity contribution in [2.45, 2.75) is 6.42 Å². The third-order valence-electron chi connectivity index (χ3n) is 4.46. The Morgan fingerprint density at radius 1 is 0.933 bits per heavy atom. The molecule has 30 heavy (non-hydrogen) atoms. The fraction of sp³-hybridized carbons (Fsp3) is 0.174. The average molecular weight is 424 g/mol. The largest absolute Gasteiger partial charge is 0.497 e. The van der Waals surface area contributed by atoms with Gasteiger partial charge in [-0.15, -0.1) is 0 Å². The monoisotopic (exact) mass is 424 g/mol. The van der Waals surface area contributed by atoms with Crippen LogP contribution in [0.15, 0.2) is 53.3 Å². The first kappa shape index (κ1) is 21.3. The number of benzene rings is 2. The molecule has 0 aliphatic heterocycles. The highest BCUT2D eigenvalue weighted by atomic mass is 32.1. The molecule has 6 nitrogen and oxygen atoms in total. The molecule has 0 saturated heterocycles. The van der Waals surface area contributed by atoms with E-state index in [0.29, 0.717) is 27.3 Å². The summed E-state index contributed by atoms with van der Waals surface area (Å²) in [7, 11) is 4.59. The van der Waals surface area contributed by atoms with Crippen molar-refractivity contribution in [3.8, 4) is 17.2 Å². The van der Waals surface area contributed by atoms with Gasteiger partial charge in [0.2, 0.25) is 4.74 Å². The molecule has 0 fully saturated rings. The summed E-state index contributed by atoms with van der Waals surface area (Å²) in [4.78, 5) is 37.3. The van der Waals surface area contributed by atoms with Crippen LogP contribution in [0.2, 0.25) is 0 Å². The van der Waals surface area contributed by atoms with E-state index in [1.807, 2.05) is 0 Å². The maximum absolute atomic E-state index is 12.6. The number of Topliss-reactive ketones (excluding diaryl/α,β-unsaturated/α-hetero) is 1. The Bertz CT molecular complexity index is 1170. The van der Waals surface area contributed by atoms with E-state index in [4.69, 9.17) is 14.2 Å². The average Bonchev–Trinajstić information content (AvgIpc) is 2.76. The zero-order valence-corrected chi connectivity index (χ0v) is 17.6. The molecule has 0 spiro atoms. The van der Waals surface area contributed by atoms with E-state index in [1.54, 1.807) is 49.6 Å². The van der Waals surface area contributed by atoms with Crippen LogP contribution in [-0.4, -0.2) is 32.9 Å². The topological polar surface area (TPSA) is 78.9 Å². The van der Waals surface area contributed by atoms with Gasteiger partial charge in [0.15, 0.2) is 11.6 Å². The lowest BCUT2D eigenvalue weighted by molar-refractivity contribution is -0.113. The summed E-state index contributed by atoms with van der Waals surface area (Å²) in [6.07, 6.45) is 2.56. The van der Waals surface area contributed by atoms with E-state index in [1.165, 1.54) is 26.4 Å². The predicted octanol–water partition coefficient (Wildman–Crippen LogP) is 4.14. The van der Waals surface area contributed by atoms with Crippen molar-refractivity contribution in [2.75, 3.05) is 21.3 Å². The zero-order chi connectivity index (χ0) is 21.7. The van der Waals surface area contributed by atoms with Crippen LogP contribution in [0.4, 0.5) is 0 Å². The molecule has 1 heterocycles. The molecule has 2 aromatic carbocycles. The zero-order valence-electron chi connectivity index (χ0n) is 16.8. The van der Waals surface area contributed by atoms with Crippen LogP contribution in [0, 0.1) is 0 Å². The first-order valence-corrected chi connectivity index (χ1v) is 9.85. The van der Waals surface area contributed by atoms with Gasteiger partial charge in [0.25, 0.3) is 0 Å². The Labute approximate surface area is 177 Å². The van der Waals surface area contributed by atoms with Crippen molar-refractivity contribution in [3.05, 3.63) is 69.2 Å². The molecule has 0 bridgehead atoms. The first-order chi connectivity index (χ1) is 14.4. The lowest BCUT2D eigenvalue weighted by Crippen LogP contribution is -2.14. The number of fused-ring (bicyclic) bond motifs is 1. The van der Waals surface area contributed by atoms with E-state index in [0.717, 1.165) is 16.9 Å². The number of ether oxygens (including phenoxy) is 3. The summed E-state index contributed by atoms with van der Waals surface area (Å²) >= 11 is 0.919. The van der Waals surface area contributed by atoms with Gasteiger partial charge in [0.05, 0.1) is 33.3 Å². The molecule has 0 atom stereocenters. The van der Waals surface area contributed by atoms with Crippen LogP contribution >= 0.6 is 11.3 Å².